The predicted molar refractivity (Wildman–Crippen MR) is 107 cm³/mol. The van der Waals surface area contributed by atoms with Crippen molar-refractivity contribution < 1.29 is 19.4 Å². The van der Waals surface area contributed by atoms with Crippen LogP contribution in [-0.2, 0) is 16.8 Å². The summed E-state index contributed by atoms with van der Waals surface area (Å²) >= 11 is 0. The first kappa shape index (κ1) is 18.5. The summed E-state index contributed by atoms with van der Waals surface area (Å²) in [5, 5.41) is 12.0. The van der Waals surface area contributed by atoms with Gasteiger partial charge in [0.25, 0.3) is 0 Å². The Labute approximate surface area is 164 Å². The molecule has 0 aromatic heterocycles. The monoisotopic (exact) mass is 379 g/mol. The molecule has 0 saturated heterocycles. The maximum Gasteiger partial charge on any atom is 0.405 e. The molecule has 1 spiro atoms. The summed E-state index contributed by atoms with van der Waals surface area (Å²) in [7, 11) is 0. The predicted octanol–water partition coefficient (Wildman–Crippen LogP) is 4.53. The molecule has 1 amide bonds. The Morgan fingerprint density at radius 1 is 1.14 bits per heavy atom. The summed E-state index contributed by atoms with van der Waals surface area (Å²) in [4.78, 5) is 23.6. The highest BCUT2D eigenvalue weighted by atomic mass is 16.5. The van der Waals surface area contributed by atoms with Crippen LogP contribution in [0.4, 0.5) is 4.79 Å². The molecule has 2 aliphatic rings. The Morgan fingerprint density at radius 2 is 1.86 bits per heavy atom. The Bertz CT molecular complexity index is 901. The lowest BCUT2D eigenvalue weighted by molar-refractivity contribution is -0.116. The molecule has 1 saturated carbocycles. The van der Waals surface area contributed by atoms with Crippen LogP contribution in [0.2, 0.25) is 0 Å². The maximum absolute atomic E-state index is 12.2. The lowest BCUT2D eigenvalue weighted by Gasteiger charge is -2.42. The van der Waals surface area contributed by atoms with E-state index in [-0.39, 0.29) is 5.41 Å². The van der Waals surface area contributed by atoms with Crippen molar-refractivity contribution in [3.8, 4) is 16.9 Å². The van der Waals surface area contributed by atoms with Gasteiger partial charge < -0.3 is 20.0 Å². The molecule has 5 heteroatoms. The van der Waals surface area contributed by atoms with Gasteiger partial charge in [0.2, 0.25) is 0 Å². The van der Waals surface area contributed by atoms with Crippen LogP contribution < -0.4 is 10.1 Å². The van der Waals surface area contributed by atoms with Crippen LogP contribution >= 0.6 is 0 Å². The van der Waals surface area contributed by atoms with Gasteiger partial charge in [-0.2, -0.15) is 0 Å². The van der Waals surface area contributed by atoms with Crippen molar-refractivity contribution in [2.45, 2.75) is 44.6 Å². The van der Waals surface area contributed by atoms with E-state index in [4.69, 9.17) is 4.74 Å². The molecule has 0 bridgehead atoms. The van der Waals surface area contributed by atoms with Crippen LogP contribution in [0, 0.1) is 5.41 Å². The highest BCUT2D eigenvalue weighted by molar-refractivity contribution is 5.81. The molecule has 1 atom stereocenters. The molecule has 146 valence electrons. The zero-order valence-corrected chi connectivity index (χ0v) is 16.0. The number of amides is 1. The fourth-order valence-electron chi connectivity index (χ4n) is 4.57. The molecule has 2 aromatic rings. The number of nitrogens with one attached hydrogen (secondary N) is 1. The summed E-state index contributed by atoms with van der Waals surface area (Å²) in [5.41, 5.74) is 2.58. The van der Waals surface area contributed by atoms with Gasteiger partial charge in [0, 0.05) is 5.41 Å². The van der Waals surface area contributed by atoms with Gasteiger partial charge in [-0.1, -0.05) is 37.3 Å². The zero-order chi connectivity index (χ0) is 19.8. The minimum Gasteiger partial charge on any atom is -0.494 e. The lowest BCUT2D eigenvalue weighted by Crippen LogP contribution is -2.55. The fraction of sp³-hybridized carbons (Fsp3) is 0.391. The lowest BCUT2D eigenvalue weighted by atomic mass is 9.67. The second-order valence-corrected chi connectivity index (χ2v) is 7.88. The average molecular weight is 379 g/mol. The quantitative estimate of drug-likeness (QED) is 0.723. The second kappa shape index (κ2) is 6.97. The summed E-state index contributed by atoms with van der Waals surface area (Å²) in [5.74, 6) is 0.852. The van der Waals surface area contributed by atoms with Gasteiger partial charge in [0.1, 0.15) is 11.3 Å². The van der Waals surface area contributed by atoms with Gasteiger partial charge in [0.15, 0.2) is 6.29 Å². The smallest absolute Gasteiger partial charge is 0.405 e. The van der Waals surface area contributed by atoms with Crippen LogP contribution in [0.25, 0.3) is 11.1 Å². The topological polar surface area (TPSA) is 75.6 Å². The molecule has 2 aromatic carbocycles. The largest absolute Gasteiger partial charge is 0.494 e. The van der Waals surface area contributed by atoms with Crippen LogP contribution in [0.1, 0.15) is 43.7 Å². The highest BCUT2D eigenvalue weighted by Gasteiger charge is 2.63. The normalized spacial score (nSPS) is 21.6. The number of hydrogen-bond donors (Lipinski definition) is 2. The van der Waals surface area contributed by atoms with Gasteiger partial charge in [0.05, 0.1) is 6.61 Å². The van der Waals surface area contributed by atoms with Crippen molar-refractivity contribution in [2.75, 3.05) is 6.61 Å². The maximum atomic E-state index is 12.2. The Morgan fingerprint density at radius 3 is 2.46 bits per heavy atom. The number of hydrogen-bond acceptors (Lipinski definition) is 3. The Hall–Kier alpha value is -2.82. The molecule has 0 unspecified atom stereocenters. The van der Waals surface area contributed by atoms with E-state index in [9.17, 15) is 14.7 Å². The third-order valence-corrected chi connectivity index (χ3v) is 6.23. The molecule has 4 rings (SSSR count). The molecule has 5 nitrogen and oxygen atoms in total. The molecule has 28 heavy (non-hydrogen) atoms. The number of carbonyl (C=O) groups excluding carboxylic acids is 1. The van der Waals surface area contributed by atoms with E-state index in [2.05, 4.69) is 18.3 Å². The highest BCUT2D eigenvalue weighted by Crippen LogP contribution is 2.63. The van der Waals surface area contributed by atoms with E-state index < -0.39 is 11.6 Å². The number of ether oxygens (including phenoxy) is 1. The first-order valence-corrected chi connectivity index (χ1v) is 9.88. The minimum absolute atomic E-state index is 0.264. The summed E-state index contributed by atoms with van der Waals surface area (Å²) < 4.78 is 5.64. The number of benzene rings is 2. The van der Waals surface area contributed by atoms with Crippen LogP contribution in [-0.4, -0.2) is 24.1 Å². The molecule has 2 aliphatic carbocycles. The first-order chi connectivity index (χ1) is 13.5. The number of aldehydes is 1. The minimum atomic E-state index is -1.15. The molecule has 0 aliphatic heterocycles. The number of rotatable bonds is 6. The van der Waals surface area contributed by atoms with E-state index in [1.807, 2.05) is 36.4 Å². The fourth-order valence-corrected chi connectivity index (χ4v) is 4.57. The summed E-state index contributed by atoms with van der Waals surface area (Å²) in [6, 6.07) is 14.0. The third-order valence-electron chi connectivity index (χ3n) is 6.23. The van der Waals surface area contributed by atoms with Crippen LogP contribution in [0.5, 0.6) is 5.75 Å². The van der Waals surface area contributed by atoms with Crippen molar-refractivity contribution in [3.05, 3.63) is 53.6 Å². The van der Waals surface area contributed by atoms with Gasteiger partial charge in [-0.15, -0.1) is 0 Å². The molecular weight excluding hydrogens is 354 g/mol. The average Bonchev–Trinajstić information content (AvgIpc) is 3.49. The molecule has 0 radical (unpaired) electrons. The number of carboxylic acid groups (broad SMARTS) is 1. The molecule has 1 fully saturated rings. The third kappa shape index (κ3) is 2.95. The molecule has 2 N–H and O–H groups in total. The standard InChI is InChI=1S/C23H25NO4/c1-2-13-28-19-6-3-16(4-7-19)17-5-8-20-18(14-17)9-10-22(11-12-22)23(20,15-25)24-21(26)27/h3-8,14-15,24H,2,9-13H2,1H3,(H,26,27)/t23-/m1/s1. The number of carbonyl (C=O) groups is 2. The first-order valence-electron chi connectivity index (χ1n) is 9.88. The van der Waals surface area contributed by atoms with Crippen LogP contribution in [0.3, 0.4) is 0 Å². The van der Waals surface area contributed by atoms with Crippen LogP contribution in [0.15, 0.2) is 42.5 Å². The summed E-state index contributed by atoms with van der Waals surface area (Å²) in [6.45, 7) is 2.77. The SMILES string of the molecule is CCCOc1ccc(-c2ccc3c(c2)CCC2(CC2)[C@]3(C=O)NC(=O)O)cc1. The van der Waals surface area contributed by atoms with E-state index in [0.717, 1.165) is 66.4 Å². The van der Waals surface area contributed by atoms with Crippen molar-refractivity contribution >= 4 is 12.4 Å². The van der Waals surface area contributed by atoms with Crippen molar-refractivity contribution in [3.63, 3.8) is 0 Å². The van der Waals surface area contributed by atoms with E-state index in [1.54, 1.807) is 0 Å². The number of fused-ring (bicyclic) bond motifs is 1. The molecular formula is C23H25NO4. The van der Waals surface area contributed by atoms with Crippen molar-refractivity contribution in [1.82, 2.24) is 5.32 Å². The zero-order valence-electron chi connectivity index (χ0n) is 16.0. The Kier molecular flexibility index (Phi) is 4.61. The van der Waals surface area contributed by atoms with Crippen molar-refractivity contribution in [2.24, 2.45) is 5.41 Å². The van der Waals surface area contributed by atoms with E-state index in [0.29, 0.717) is 6.61 Å². The van der Waals surface area contributed by atoms with E-state index in [1.165, 1.54) is 0 Å². The number of aryl methyl sites for hydroxylation is 1. The van der Waals surface area contributed by atoms with Gasteiger partial charge in [-0.3, -0.25) is 0 Å². The molecule has 0 heterocycles. The summed E-state index contributed by atoms with van der Waals surface area (Å²) in [6.07, 6.45) is 4.07. The Balaban J connectivity index is 1.69. The van der Waals surface area contributed by atoms with Gasteiger partial charge in [-0.05, 0) is 66.5 Å². The van der Waals surface area contributed by atoms with E-state index >= 15 is 0 Å². The van der Waals surface area contributed by atoms with Crippen molar-refractivity contribution in [1.29, 1.82) is 0 Å². The second-order valence-electron chi connectivity index (χ2n) is 7.88. The van der Waals surface area contributed by atoms with Gasteiger partial charge >= 0.3 is 6.09 Å². The van der Waals surface area contributed by atoms with Gasteiger partial charge in [-0.25, -0.2) is 4.79 Å².